The lowest BCUT2D eigenvalue weighted by Crippen LogP contribution is -2.19. The zero-order chi connectivity index (χ0) is 13.4. The van der Waals surface area contributed by atoms with E-state index in [4.69, 9.17) is 27.9 Å². The van der Waals surface area contributed by atoms with Gasteiger partial charge in [-0.05, 0) is 57.5 Å². The van der Waals surface area contributed by atoms with Crippen molar-refractivity contribution in [3.05, 3.63) is 28.2 Å². The van der Waals surface area contributed by atoms with Gasteiger partial charge in [0.25, 0.3) is 0 Å². The van der Waals surface area contributed by atoms with Crippen LogP contribution in [0.25, 0.3) is 0 Å². The van der Waals surface area contributed by atoms with Crippen LogP contribution in [0.15, 0.2) is 18.2 Å². The van der Waals surface area contributed by atoms with Gasteiger partial charge in [0, 0.05) is 10.0 Å². The molecule has 1 unspecified atom stereocenters. The molecule has 1 aromatic carbocycles. The van der Waals surface area contributed by atoms with Crippen molar-refractivity contribution in [2.24, 2.45) is 0 Å². The molecule has 0 amide bonds. The van der Waals surface area contributed by atoms with Gasteiger partial charge in [-0.1, -0.05) is 30.1 Å². The van der Waals surface area contributed by atoms with Gasteiger partial charge in [0.2, 0.25) is 0 Å². The van der Waals surface area contributed by atoms with E-state index in [1.54, 1.807) is 18.2 Å². The van der Waals surface area contributed by atoms with Crippen LogP contribution in [-0.4, -0.2) is 19.2 Å². The summed E-state index contributed by atoms with van der Waals surface area (Å²) < 4.78 is 5.79. The van der Waals surface area contributed by atoms with Gasteiger partial charge in [-0.15, -0.1) is 0 Å². The molecule has 0 aromatic heterocycles. The maximum absolute atomic E-state index is 5.92. The summed E-state index contributed by atoms with van der Waals surface area (Å²) in [6, 6.07) is 5.29. The summed E-state index contributed by atoms with van der Waals surface area (Å²) >= 11 is 11.8. The molecule has 1 aromatic rings. The van der Waals surface area contributed by atoms with Crippen molar-refractivity contribution >= 4 is 23.2 Å². The van der Waals surface area contributed by atoms with Crippen LogP contribution in [0.2, 0.25) is 10.0 Å². The van der Waals surface area contributed by atoms with Gasteiger partial charge < -0.3 is 10.1 Å². The molecule has 0 spiro atoms. The second-order valence-electron chi connectivity index (χ2n) is 4.43. The molecular weight excluding hydrogens is 269 g/mol. The van der Waals surface area contributed by atoms with Crippen molar-refractivity contribution in [1.82, 2.24) is 5.32 Å². The predicted octanol–water partition coefficient (Wildman–Crippen LogP) is 4.54. The zero-order valence-electron chi connectivity index (χ0n) is 11.0. The van der Waals surface area contributed by atoms with Crippen LogP contribution < -0.4 is 10.1 Å². The number of hydrogen-bond acceptors (Lipinski definition) is 2. The average Bonchev–Trinajstić information content (AvgIpc) is 2.27. The molecule has 0 aliphatic heterocycles. The number of rotatable bonds is 8. The Morgan fingerprint density at radius 2 is 1.83 bits per heavy atom. The highest BCUT2D eigenvalue weighted by Crippen LogP contribution is 2.25. The highest BCUT2D eigenvalue weighted by Gasteiger charge is 2.05. The molecular formula is C14H21Cl2NO. The van der Waals surface area contributed by atoms with Gasteiger partial charge in [0.1, 0.15) is 5.75 Å². The van der Waals surface area contributed by atoms with Crippen molar-refractivity contribution in [1.29, 1.82) is 0 Å². The van der Waals surface area contributed by atoms with Crippen molar-refractivity contribution in [2.45, 2.75) is 39.2 Å². The zero-order valence-corrected chi connectivity index (χ0v) is 12.5. The lowest BCUT2D eigenvalue weighted by molar-refractivity contribution is 0.207. The molecule has 2 nitrogen and oxygen atoms in total. The summed E-state index contributed by atoms with van der Waals surface area (Å²) in [6.07, 6.45) is 3.46. The summed E-state index contributed by atoms with van der Waals surface area (Å²) in [7, 11) is 0. The normalized spacial score (nSPS) is 12.4. The summed E-state index contributed by atoms with van der Waals surface area (Å²) in [6.45, 7) is 6.35. The first kappa shape index (κ1) is 15.6. The summed E-state index contributed by atoms with van der Waals surface area (Å²) in [5.74, 6) is 0.738. The lowest BCUT2D eigenvalue weighted by Gasteiger charge is -2.15. The second kappa shape index (κ2) is 8.63. The van der Waals surface area contributed by atoms with Gasteiger partial charge in [-0.3, -0.25) is 0 Å². The minimum Gasteiger partial charge on any atom is -0.491 e. The Labute approximate surface area is 120 Å². The fourth-order valence-electron chi connectivity index (χ4n) is 1.70. The lowest BCUT2D eigenvalue weighted by atomic mass is 10.2. The molecule has 0 aliphatic carbocycles. The first-order chi connectivity index (χ1) is 8.61. The Morgan fingerprint density at radius 3 is 2.44 bits per heavy atom. The largest absolute Gasteiger partial charge is 0.491 e. The molecule has 0 fully saturated rings. The van der Waals surface area contributed by atoms with E-state index >= 15 is 0 Å². The molecule has 0 heterocycles. The number of ether oxygens (including phenoxy) is 1. The van der Waals surface area contributed by atoms with Crippen molar-refractivity contribution in [3.63, 3.8) is 0 Å². The van der Waals surface area contributed by atoms with E-state index in [1.807, 2.05) is 0 Å². The predicted molar refractivity (Wildman–Crippen MR) is 78.9 cm³/mol. The van der Waals surface area contributed by atoms with Crippen LogP contribution in [0.3, 0.4) is 0 Å². The van der Waals surface area contributed by atoms with Crippen LogP contribution in [0, 0.1) is 0 Å². The number of halogens is 2. The monoisotopic (exact) mass is 289 g/mol. The Balaban J connectivity index is 2.28. The molecule has 102 valence electrons. The fourth-order valence-corrected chi connectivity index (χ4v) is 2.21. The van der Waals surface area contributed by atoms with E-state index in [2.05, 4.69) is 19.2 Å². The van der Waals surface area contributed by atoms with Crippen molar-refractivity contribution < 1.29 is 4.74 Å². The molecule has 1 N–H and O–H groups in total. The van der Waals surface area contributed by atoms with Crippen LogP contribution in [-0.2, 0) is 0 Å². The van der Waals surface area contributed by atoms with Gasteiger partial charge in [0.05, 0.1) is 6.10 Å². The first-order valence-corrected chi connectivity index (χ1v) is 7.21. The summed E-state index contributed by atoms with van der Waals surface area (Å²) in [4.78, 5) is 0. The van der Waals surface area contributed by atoms with Crippen LogP contribution in [0.1, 0.15) is 33.1 Å². The number of nitrogens with one attached hydrogen (secondary N) is 1. The van der Waals surface area contributed by atoms with E-state index in [-0.39, 0.29) is 6.10 Å². The standard InChI is InChI=1S/C14H21Cl2NO/c1-3-6-17-7-4-5-11(2)18-14-9-12(15)8-13(16)10-14/h8-11,17H,3-7H2,1-2H3. The third kappa shape index (κ3) is 6.48. The molecule has 1 rings (SSSR count). The SMILES string of the molecule is CCCNCCCC(C)Oc1cc(Cl)cc(Cl)c1. The summed E-state index contributed by atoms with van der Waals surface area (Å²) in [5.41, 5.74) is 0. The third-order valence-electron chi connectivity index (χ3n) is 2.56. The minimum atomic E-state index is 0.169. The summed E-state index contributed by atoms with van der Waals surface area (Å²) in [5, 5.41) is 4.59. The van der Waals surface area contributed by atoms with Gasteiger partial charge in [0.15, 0.2) is 0 Å². The van der Waals surface area contributed by atoms with Crippen molar-refractivity contribution in [2.75, 3.05) is 13.1 Å². The topological polar surface area (TPSA) is 21.3 Å². The molecule has 4 heteroatoms. The highest BCUT2D eigenvalue weighted by atomic mass is 35.5. The van der Waals surface area contributed by atoms with E-state index in [1.165, 1.54) is 6.42 Å². The third-order valence-corrected chi connectivity index (χ3v) is 3.00. The Bertz CT molecular complexity index is 337. The van der Waals surface area contributed by atoms with Crippen LogP contribution in [0.4, 0.5) is 0 Å². The number of hydrogen-bond donors (Lipinski definition) is 1. The first-order valence-electron chi connectivity index (χ1n) is 6.45. The van der Waals surface area contributed by atoms with Gasteiger partial charge in [-0.2, -0.15) is 0 Å². The van der Waals surface area contributed by atoms with E-state index in [0.29, 0.717) is 10.0 Å². The smallest absolute Gasteiger partial charge is 0.122 e. The maximum atomic E-state index is 5.92. The Hall–Kier alpha value is -0.440. The average molecular weight is 290 g/mol. The van der Waals surface area contributed by atoms with Crippen molar-refractivity contribution in [3.8, 4) is 5.75 Å². The van der Waals surface area contributed by atoms with Crippen LogP contribution in [0.5, 0.6) is 5.75 Å². The molecule has 18 heavy (non-hydrogen) atoms. The quantitative estimate of drug-likeness (QED) is 0.710. The molecule has 0 aliphatic rings. The molecule has 0 bridgehead atoms. The number of benzene rings is 1. The van der Waals surface area contributed by atoms with Crippen LogP contribution >= 0.6 is 23.2 Å². The van der Waals surface area contributed by atoms with Gasteiger partial charge >= 0.3 is 0 Å². The fraction of sp³-hybridized carbons (Fsp3) is 0.571. The second-order valence-corrected chi connectivity index (χ2v) is 5.30. The minimum absolute atomic E-state index is 0.169. The van der Waals surface area contributed by atoms with E-state index < -0.39 is 0 Å². The molecule has 0 saturated carbocycles. The molecule has 0 radical (unpaired) electrons. The Kier molecular flexibility index (Phi) is 7.48. The molecule has 1 atom stereocenters. The van der Waals surface area contributed by atoms with E-state index in [9.17, 15) is 0 Å². The van der Waals surface area contributed by atoms with E-state index in [0.717, 1.165) is 31.7 Å². The highest BCUT2D eigenvalue weighted by molar-refractivity contribution is 6.34. The Morgan fingerprint density at radius 1 is 1.17 bits per heavy atom. The maximum Gasteiger partial charge on any atom is 0.122 e. The molecule has 0 saturated heterocycles. The van der Waals surface area contributed by atoms with Gasteiger partial charge in [-0.25, -0.2) is 0 Å².